The Morgan fingerprint density at radius 2 is 2.26 bits per heavy atom. The van der Waals surface area contributed by atoms with Crippen molar-refractivity contribution in [2.24, 2.45) is 11.8 Å². The third-order valence-corrected chi connectivity index (χ3v) is 4.36. The molecule has 3 heteroatoms. The zero-order valence-electron chi connectivity index (χ0n) is 11.8. The van der Waals surface area contributed by atoms with Crippen molar-refractivity contribution in [2.45, 2.75) is 45.1 Å². The molecule has 1 aromatic carbocycles. The third-order valence-electron chi connectivity index (χ3n) is 4.36. The molecular formula is C16H24FNO. The van der Waals surface area contributed by atoms with E-state index in [-0.39, 0.29) is 18.0 Å². The smallest absolute Gasteiger partial charge is 0.125 e. The Hall–Kier alpha value is -1.09. The van der Waals surface area contributed by atoms with E-state index in [1.54, 1.807) is 6.07 Å². The predicted octanol–water partition coefficient (Wildman–Crippen LogP) is 3.81. The quantitative estimate of drug-likeness (QED) is 0.867. The van der Waals surface area contributed by atoms with Crippen LogP contribution in [0.2, 0.25) is 0 Å². The first kappa shape index (κ1) is 14.3. The van der Waals surface area contributed by atoms with Crippen LogP contribution < -0.4 is 5.32 Å². The molecule has 0 bridgehead atoms. The molecule has 1 fully saturated rings. The molecule has 0 radical (unpaired) electrons. The minimum Gasteiger partial charge on any atom is -0.394 e. The summed E-state index contributed by atoms with van der Waals surface area (Å²) in [6, 6.07) is 6.50. The van der Waals surface area contributed by atoms with E-state index in [0.29, 0.717) is 11.8 Å². The van der Waals surface area contributed by atoms with E-state index >= 15 is 0 Å². The second kappa shape index (κ2) is 5.91. The zero-order valence-corrected chi connectivity index (χ0v) is 11.8. The number of hydrogen-bond donors (Lipinski definition) is 2. The number of anilines is 1. The van der Waals surface area contributed by atoms with Gasteiger partial charge in [-0.3, -0.25) is 0 Å². The van der Waals surface area contributed by atoms with Gasteiger partial charge in [-0.15, -0.1) is 0 Å². The molecule has 0 aromatic heterocycles. The highest BCUT2D eigenvalue weighted by Crippen LogP contribution is 2.38. The Kier molecular flexibility index (Phi) is 4.46. The molecule has 0 aliphatic heterocycles. The topological polar surface area (TPSA) is 32.3 Å². The van der Waals surface area contributed by atoms with Crippen LogP contribution in [0.5, 0.6) is 0 Å². The number of rotatable bonds is 4. The van der Waals surface area contributed by atoms with Crippen molar-refractivity contribution in [2.75, 3.05) is 11.9 Å². The maximum Gasteiger partial charge on any atom is 0.125 e. The molecule has 1 saturated carbocycles. The number of aliphatic hydroxyl groups is 1. The molecule has 1 aliphatic rings. The van der Waals surface area contributed by atoms with Gasteiger partial charge in [0, 0.05) is 5.69 Å². The lowest BCUT2D eigenvalue weighted by Crippen LogP contribution is -2.47. The first-order chi connectivity index (χ1) is 9.04. The van der Waals surface area contributed by atoms with Gasteiger partial charge in [-0.05, 0) is 42.9 Å². The van der Waals surface area contributed by atoms with Crippen LogP contribution in [-0.4, -0.2) is 17.3 Å². The lowest BCUT2D eigenvalue weighted by molar-refractivity contribution is 0.126. The molecule has 2 atom stereocenters. The monoisotopic (exact) mass is 265 g/mol. The van der Waals surface area contributed by atoms with Crippen LogP contribution in [0.3, 0.4) is 0 Å². The van der Waals surface area contributed by atoms with Gasteiger partial charge in [-0.2, -0.15) is 0 Å². The highest BCUT2D eigenvalue weighted by Gasteiger charge is 2.36. The first-order valence-corrected chi connectivity index (χ1v) is 7.19. The second-order valence-electron chi connectivity index (χ2n) is 6.17. The Labute approximate surface area is 115 Å². The lowest BCUT2D eigenvalue weighted by atomic mass is 9.72. The summed E-state index contributed by atoms with van der Waals surface area (Å²) in [6.45, 7) is 4.58. The van der Waals surface area contributed by atoms with Crippen LogP contribution in [0.25, 0.3) is 0 Å². The minimum atomic E-state index is -0.291. The van der Waals surface area contributed by atoms with Gasteiger partial charge in [0.15, 0.2) is 0 Å². The Morgan fingerprint density at radius 3 is 2.89 bits per heavy atom. The summed E-state index contributed by atoms with van der Waals surface area (Å²) in [4.78, 5) is 0. The van der Waals surface area contributed by atoms with E-state index in [2.05, 4.69) is 19.2 Å². The van der Waals surface area contributed by atoms with Gasteiger partial charge in [0.25, 0.3) is 0 Å². The molecule has 1 aliphatic carbocycles. The molecule has 0 heterocycles. The van der Waals surface area contributed by atoms with E-state index < -0.39 is 0 Å². The van der Waals surface area contributed by atoms with E-state index in [9.17, 15) is 9.50 Å². The van der Waals surface area contributed by atoms with Crippen LogP contribution in [0.4, 0.5) is 10.1 Å². The van der Waals surface area contributed by atoms with Crippen LogP contribution in [0, 0.1) is 17.7 Å². The van der Waals surface area contributed by atoms with E-state index in [0.717, 1.165) is 24.9 Å². The van der Waals surface area contributed by atoms with Crippen molar-refractivity contribution < 1.29 is 9.50 Å². The predicted molar refractivity (Wildman–Crippen MR) is 76.6 cm³/mol. The van der Waals surface area contributed by atoms with Crippen molar-refractivity contribution in [3.8, 4) is 0 Å². The largest absolute Gasteiger partial charge is 0.394 e. The Morgan fingerprint density at radius 1 is 1.47 bits per heavy atom. The van der Waals surface area contributed by atoms with Crippen molar-refractivity contribution in [3.63, 3.8) is 0 Å². The molecule has 2 unspecified atom stereocenters. The van der Waals surface area contributed by atoms with E-state index in [1.165, 1.54) is 18.6 Å². The van der Waals surface area contributed by atoms with Gasteiger partial charge in [-0.1, -0.05) is 32.8 Å². The number of nitrogens with one attached hydrogen (secondary N) is 1. The van der Waals surface area contributed by atoms with Crippen molar-refractivity contribution in [1.29, 1.82) is 0 Å². The fourth-order valence-corrected chi connectivity index (χ4v) is 3.15. The SMILES string of the molecule is CC(C)C1CCCC(CO)(Nc2cccc(F)c2)C1. The number of halogens is 1. The highest BCUT2D eigenvalue weighted by atomic mass is 19.1. The fraction of sp³-hybridized carbons (Fsp3) is 0.625. The van der Waals surface area contributed by atoms with Crippen LogP contribution in [0.15, 0.2) is 24.3 Å². The number of hydrogen-bond acceptors (Lipinski definition) is 2. The molecule has 1 aromatic rings. The van der Waals surface area contributed by atoms with E-state index in [1.807, 2.05) is 6.07 Å². The Bertz CT molecular complexity index is 421. The summed E-state index contributed by atoms with van der Waals surface area (Å²) >= 11 is 0. The molecule has 0 amide bonds. The van der Waals surface area contributed by atoms with Gasteiger partial charge < -0.3 is 10.4 Å². The number of benzene rings is 1. The number of aliphatic hydroxyl groups excluding tert-OH is 1. The minimum absolute atomic E-state index is 0.104. The van der Waals surface area contributed by atoms with Gasteiger partial charge in [0.05, 0.1) is 12.1 Å². The molecule has 106 valence electrons. The summed E-state index contributed by atoms with van der Waals surface area (Å²) < 4.78 is 13.3. The molecule has 2 N–H and O–H groups in total. The van der Waals surface area contributed by atoms with Gasteiger partial charge >= 0.3 is 0 Å². The summed E-state index contributed by atoms with van der Waals surface area (Å²) in [6.07, 6.45) is 4.25. The van der Waals surface area contributed by atoms with Gasteiger partial charge in [-0.25, -0.2) is 4.39 Å². The first-order valence-electron chi connectivity index (χ1n) is 7.19. The third kappa shape index (κ3) is 3.47. The summed E-state index contributed by atoms with van der Waals surface area (Å²) in [7, 11) is 0. The van der Waals surface area contributed by atoms with Gasteiger partial charge in [0.1, 0.15) is 5.82 Å². The standard InChI is InChI=1S/C16H24FNO/c1-12(2)13-5-4-8-16(10-13,11-19)18-15-7-3-6-14(17)9-15/h3,6-7,9,12-13,18-19H,4-5,8,10-11H2,1-2H3. The molecule has 19 heavy (non-hydrogen) atoms. The Balaban J connectivity index is 2.13. The molecular weight excluding hydrogens is 241 g/mol. The highest BCUT2D eigenvalue weighted by molar-refractivity contribution is 5.46. The summed E-state index contributed by atoms with van der Waals surface area (Å²) in [5.74, 6) is 1.01. The second-order valence-corrected chi connectivity index (χ2v) is 6.17. The molecule has 2 rings (SSSR count). The van der Waals surface area contributed by atoms with E-state index in [4.69, 9.17) is 0 Å². The van der Waals surface area contributed by atoms with Crippen molar-refractivity contribution in [1.82, 2.24) is 0 Å². The van der Waals surface area contributed by atoms with Crippen LogP contribution in [0.1, 0.15) is 39.5 Å². The maximum absolute atomic E-state index is 13.3. The fourth-order valence-electron chi connectivity index (χ4n) is 3.15. The van der Waals surface area contributed by atoms with Crippen LogP contribution in [-0.2, 0) is 0 Å². The van der Waals surface area contributed by atoms with Gasteiger partial charge in [0.2, 0.25) is 0 Å². The normalized spacial score (nSPS) is 27.5. The van der Waals surface area contributed by atoms with Crippen molar-refractivity contribution in [3.05, 3.63) is 30.1 Å². The maximum atomic E-state index is 13.3. The van der Waals surface area contributed by atoms with Crippen molar-refractivity contribution >= 4 is 5.69 Å². The average Bonchev–Trinajstić information content (AvgIpc) is 2.39. The lowest BCUT2D eigenvalue weighted by Gasteiger charge is -2.42. The average molecular weight is 265 g/mol. The van der Waals surface area contributed by atoms with Crippen LogP contribution >= 0.6 is 0 Å². The summed E-state index contributed by atoms with van der Waals surface area (Å²) in [5, 5.41) is 13.2. The molecule has 0 spiro atoms. The molecule has 0 saturated heterocycles. The summed E-state index contributed by atoms with van der Waals surface area (Å²) in [5.41, 5.74) is 0.472. The zero-order chi connectivity index (χ0) is 13.9. The molecule has 2 nitrogen and oxygen atoms in total.